The number of likely N-dealkylation sites (N-methyl/N-ethyl adjacent to an activating group) is 1. The van der Waals surface area contributed by atoms with Gasteiger partial charge < -0.3 is 19.2 Å². The van der Waals surface area contributed by atoms with Crippen molar-refractivity contribution >= 4 is 5.91 Å². The molecule has 1 aromatic heterocycles. The summed E-state index contributed by atoms with van der Waals surface area (Å²) in [6.07, 6.45) is 2.54. The van der Waals surface area contributed by atoms with Crippen molar-refractivity contribution in [3.05, 3.63) is 47.9 Å². The van der Waals surface area contributed by atoms with Crippen LogP contribution >= 0.6 is 0 Å². The van der Waals surface area contributed by atoms with Gasteiger partial charge in [-0.25, -0.2) is 0 Å². The average Bonchev–Trinajstić information content (AvgIpc) is 3.13. The Morgan fingerprint density at radius 2 is 2.08 bits per heavy atom. The molecule has 0 saturated carbocycles. The topological polar surface area (TPSA) is 63.9 Å². The third kappa shape index (κ3) is 5.00. The first-order valence-electron chi connectivity index (χ1n) is 8.35. The molecule has 1 heterocycles. The number of rotatable bonds is 9. The molecule has 0 fully saturated rings. The van der Waals surface area contributed by atoms with E-state index in [-0.39, 0.29) is 11.9 Å². The number of benzene rings is 1. The van der Waals surface area contributed by atoms with Gasteiger partial charge in [0.25, 0.3) is 5.91 Å². The molecular weight excluding hydrogens is 320 g/mol. The largest absolute Gasteiger partial charge is 0.493 e. The highest BCUT2D eigenvalue weighted by Gasteiger charge is 2.19. The number of carbonyl (C=O) groups is 1. The lowest BCUT2D eigenvalue weighted by Gasteiger charge is -2.22. The maximum atomic E-state index is 12.5. The van der Waals surface area contributed by atoms with Gasteiger partial charge in [-0.1, -0.05) is 6.92 Å². The maximum Gasteiger partial charge on any atom is 0.251 e. The summed E-state index contributed by atoms with van der Waals surface area (Å²) in [7, 11) is 5.46. The van der Waals surface area contributed by atoms with Gasteiger partial charge in [-0.2, -0.15) is 0 Å². The van der Waals surface area contributed by atoms with E-state index in [1.807, 2.05) is 38.1 Å². The summed E-state index contributed by atoms with van der Waals surface area (Å²) in [6, 6.07) is 8.90. The lowest BCUT2D eigenvalue weighted by Crippen LogP contribution is -2.34. The number of hydrogen-bond donors (Lipinski definition) is 1. The Morgan fingerprint density at radius 1 is 1.28 bits per heavy atom. The lowest BCUT2D eigenvalue weighted by atomic mass is 10.1. The standard InChI is InChI=1S/C19H26N2O4/c1-5-10-24-17-9-8-14(12-18(17)23-4)19(22)20-13-15(21(2)3)16-7-6-11-25-16/h6-9,11-12,15H,5,10,13H2,1-4H3,(H,20,22)/t15-/m0/s1. The van der Waals surface area contributed by atoms with Crippen LogP contribution in [0.2, 0.25) is 0 Å². The molecule has 136 valence electrons. The quantitative estimate of drug-likeness (QED) is 0.756. The minimum atomic E-state index is -0.168. The summed E-state index contributed by atoms with van der Waals surface area (Å²) in [5, 5.41) is 2.95. The first kappa shape index (κ1) is 18.9. The van der Waals surface area contributed by atoms with Crippen molar-refractivity contribution < 1.29 is 18.7 Å². The van der Waals surface area contributed by atoms with E-state index in [0.29, 0.717) is 30.2 Å². The Labute approximate surface area is 148 Å². The monoisotopic (exact) mass is 346 g/mol. The Hall–Kier alpha value is -2.47. The molecule has 0 bridgehead atoms. The summed E-state index contributed by atoms with van der Waals surface area (Å²) < 4.78 is 16.4. The number of carbonyl (C=O) groups excluding carboxylic acids is 1. The van der Waals surface area contributed by atoms with Gasteiger partial charge in [0.1, 0.15) is 5.76 Å². The van der Waals surface area contributed by atoms with Crippen LogP contribution in [0.4, 0.5) is 0 Å². The van der Waals surface area contributed by atoms with Crippen molar-refractivity contribution in [1.29, 1.82) is 0 Å². The van der Waals surface area contributed by atoms with Gasteiger partial charge >= 0.3 is 0 Å². The fraction of sp³-hybridized carbons (Fsp3) is 0.421. The average molecular weight is 346 g/mol. The molecule has 1 aromatic carbocycles. The van der Waals surface area contributed by atoms with E-state index in [0.717, 1.165) is 12.2 Å². The molecule has 2 aromatic rings. The Morgan fingerprint density at radius 3 is 2.68 bits per heavy atom. The minimum Gasteiger partial charge on any atom is -0.493 e. The summed E-state index contributed by atoms with van der Waals surface area (Å²) in [5.41, 5.74) is 0.526. The second kappa shape index (κ2) is 9.13. The predicted octanol–water partition coefficient (Wildman–Crippen LogP) is 3.11. The SMILES string of the molecule is CCCOc1ccc(C(=O)NC[C@@H](c2ccco2)N(C)C)cc1OC. The second-order valence-corrected chi connectivity index (χ2v) is 5.92. The molecule has 0 saturated heterocycles. The summed E-state index contributed by atoms with van der Waals surface area (Å²) in [5.74, 6) is 1.84. The molecule has 0 radical (unpaired) electrons. The van der Waals surface area contributed by atoms with Gasteiger partial charge in [0.15, 0.2) is 11.5 Å². The molecule has 0 aliphatic heterocycles. The van der Waals surface area contributed by atoms with E-state index in [4.69, 9.17) is 13.9 Å². The normalized spacial score (nSPS) is 12.0. The van der Waals surface area contributed by atoms with Crippen molar-refractivity contribution in [3.8, 4) is 11.5 Å². The number of furan rings is 1. The van der Waals surface area contributed by atoms with E-state index >= 15 is 0 Å². The van der Waals surface area contributed by atoms with Crippen LogP contribution in [0, 0.1) is 0 Å². The Balaban J connectivity index is 2.04. The number of hydrogen-bond acceptors (Lipinski definition) is 5. The molecule has 1 amide bonds. The molecule has 1 N–H and O–H groups in total. The third-order valence-corrected chi connectivity index (χ3v) is 3.84. The number of amides is 1. The lowest BCUT2D eigenvalue weighted by molar-refractivity contribution is 0.0938. The Bertz CT molecular complexity index is 668. The van der Waals surface area contributed by atoms with Gasteiger partial charge in [-0.05, 0) is 50.8 Å². The van der Waals surface area contributed by atoms with Crippen LogP contribution in [0.15, 0.2) is 41.0 Å². The zero-order chi connectivity index (χ0) is 18.2. The molecule has 0 aliphatic rings. The first-order valence-corrected chi connectivity index (χ1v) is 8.35. The van der Waals surface area contributed by atoms with E-state index in [1.54, 1.807) is 31.6 Å². The smallest absolute Gasteiger partial charge is 0.251 e. The number of ether oxygens (including phenoxy) is 2. The molecule has 2 rings (SSSR count). The van der Waals surface area contributed by atoms with E-state index in [1.165, 1.54) is 0 Å². The van der Waals surface area contributed by atoms with Gasteiger partial charge in [0, 0.05) is 12.1 Å². The van der Waals surface area contributed by atoms with Crippen molar-refractivity contribution in [3.63, 3.8) is 0 Å². The van der Waals surface area contributed by atoms with Gasteiger partial charge in [-0.3, -0.25) is 9.69 Å². The number of methoxy groups -OCH3 is 1. The van der Waals surface area contributed by atoms with Crippen LogP contribution in [-0.4, -0.2) is 45.2 Å². The van der Waals surface area contributed by atoms with E-state index < -0.39 is 0 Å². The van der Waals surface area contributed by atoms with Gasteiger partial charge in [0.2, 0.25) is 0 Å². The van der Waals surface area contributed by atoms with E-state index in [2.05, 4.69) is 5.32 Å². The van der Waals surface area contributed by atoms with Crippen molar-refractivity contribution in [1.82, 2.24) is 10.2 Å². The molecule has 6 heteroatoms. The molecule has 0 unspecified atom stereocenters. The van der Waals surface area contributed by atoms with E-state index in [9.17, 15) is 4.79 Å². The number of nitrogens with one attached hydrogen (secondary N) is 1. The zero-order valence-corrected chi connectivity index (χ0v) is 15.2. The maximum absolute atomic E-state index is 12.5. The molecule has 0 spiro atoms. The molecule has 0 aliphatic carbocycles. The molecule has 1 atom stereocenters. The van der Waals surface area contributed by atoms with Crippen LogP contribution in [0.25, 0.3) is 0 Å². The van der Waals surface area contributed by atoms with Crippen molar-refractivity contribution in [2.45, 2.75) is 19.4 Å². The van der Waals surface area contributed by atoms with Gasteiger partial charge in [-0.15, -0.1) is 0 Å². The van der Waals surface area contributed by atoms with Crippen LogP contribution < -0.4 is 14.8 Å². The van der Waals surface area contributed by atoms with Gasteiger partial charge in [0.05, 0.1) is 26.0 Å². The van der Waals surface area contributed by atoms with Crippen LogP contribution in [0.1, 0.15) is 35.5 Å². The van der Waals surface area contributed by atoms with Crippen LogP contribution in [0.3, 0.4) is 0 Å². The number of nitrogens with zero attached hydrogens (tertiary/aromatic N) is 1. The highest BCUT2D eigenvalue weighted by atomic mass is 16.5. The fourth-order valence-corrected chi connectivity index (χ4v) is 2.45. The summed E-state index contributed by atoms with van der Waals surface area (Å²) in [4.78, 5) is 14.5. The fourth-order valence-electron chi connectivity index (χ4n) is 2.45. The minimum absolute atomic E-state index is 0.0343. The third-order valence-electron chi connectivity index (χ3n) is 3.84. The summed E-state index contributed by atoms with van der Waals surface area (Å²) >= 11 is 0. The van der Waals surface area contributed by atoms with Crippen LogP contribution in [0.5, 0.6) is 11.5 Å². The Kier molecular flexibility index (Phi) is 6.89. The highest BCUT2D eigenvalue weighted by Crippen LogP contribution is 2.28. The molecular formula is C19H26N2O4. The highest BCUT2D eigenvalue weighted by molar-refractivity contribution is 5.94. The first-order chi connectivity index (χ1) is 12.1. The second-order valence-electron chi connectivity index (χ2n) is 5.92. The van der Waals surface area contributed by atoms with Crippen LogP contribution in [-0.2, 0) is 0 Å². The summed E-state index contributed by atoms with van der Waals surface area (Å²) in [6.45, 7) is 3.08. The van der Waals surface area contributed by atoms with Crippen molar-refractivity contribution in [2.24, 2.45) is 0 Å². The van der Waals surface area contributed by atoms with Crippen molar-refractivity contribution in [2.75, 3.05) is 34.4 Å². The molecule has 25 heavy (non-hydrogen) atoms. The molecule has 6 nitrogen and oxygen atoms in total. The predicted molar refractivity (Wildman–Crippen MR) is 96.2 cm³/mol. The zero-order valence-electron chi connectivity index (χ0n) is 15.2.